The van der Waals surface area contributed by atoms with Gasteiger partial charge in [-0.1, -0.05) is 70.5 Å². The summed E-state index contributed by atoms with van der Waals surface area (Å²) in [6.45, 7) is 1.95. The van der Waals surface area contributed by atoms with Gasteiger partial charge in [0.15, 0.2) is 10.7 Å². The van der Waals surface area contributed by atoms with Crippen LogP contribution in [0.3, 0.4) is 0 Å². The van der Waals surface area contributed by atoms with Gasteiger partial charge in [0.1, 0.15) is 5.56 Å². The Kier molecular flexibility index (Phi) is 6.20. The molecule has 8 heteroatoms. The number of nitrogens with zero attached hydrogens (tertiary/aromatic N) is 1. The van der Waals surface area contributed by atoms with Crippen molar-refractivity contribution in [2.45, 2.75) is 6.92 Å². The highest BCUT2D eigenvalue weighted by Gasteiger charge is 2.18. The molecule has 0 unspecified atom stereocenters. The SMILES string of the molecule is Cc1sc(NC(=O)c2cc3cc(Br)cc(Br)c3oc2=O)nc1-c1ccc(-c2ccccc2)cc1. The van der Waals surface area contributed by atoms with E-state index in [9.17, 15) is 9.59 Å². The van der Waals surface area contributed by atoms with E-state index in [0.717, 1.165) is 31.7 Å². The van der Waals surface area contributed by atoms with Crippen LogP contribution in [0.25, 0.3) is 33.4 Å². The standard InChI is InChI=1S/C26H16Br2N2O3S/c1-14-22(17-9-7-16(8-10-17)15-5-3-2-4-6-15)29-26(34-14)30-24(31)20-12-18-11-19(27)13-21(28)23(18)33-25(20)32/h2-13H,1H3,(H,29,30,31). The van der Waals surface area contributed by atoms with E-state index in [-0.39, 0.29) is 5.56 Å². The molecule has 168 valence electrons. The van der Waals surface area contributed by atoms with Gasteiger partial charge in [0.05, 0.1) is 10.2 Å². The van der Waals surface area contributed by atoms with Crippen LogP contribution in [-0.4, -0.2) is 10.9 Å². The highest BCUT2D eigenvalue weighted by atomic mass is 79.9. The van der Waals surface area contributed by atoms with Gasteiger partial charge < -0.3 is 4.42 Å². The van der Waals surface area contributed by atoms with E-state index in [1.54, 1.807) is 12.1 Å². The molecule has 0 radical (unpaired) electrons. The van der Waals surface area contributed by atoms with Gasteiger partial charge in [0, 0.05) is 20.3 Å². The van der Waals surface area contributed by atoms with E-state index < -0.39 is 11.5 Å². The number of aromatic nitrogens is 1. The predicted octanol–water partition coefficient (Wildman–Crippen LogP) is 7.67. The zero-order chi connectivity index (χ0) is 23.8. The molecule has 0 atom stereocenters. The van der Waals surface area contributed by atoms with Gasteiger partial charge in [0.2, 0.25) is 0 Å². The van der Waals surface area contributed by atoms with Crippen molar-refractivity contribution in [1.82, 2.24) is 4.98 Å². The van der Waals surface area contributed by atoms with Crippen LogP contribution in [0, 0.1) is 6.92 Å². The minimum Gasteiger partial charge on any atom is -0.421 e. The molecule has 0 saturated heterocycles. The number of amides is 1. The van der Waals surface area contributed by atoms with Crippen LogP contribution >= 0.6 is 43.2 Å². The Morgan fingerprint density at radius 2 is 1.62 bits per heavy atom. The highest BCUT2D eigenvalue weighted by molar-refractivity contribution is 9.11. The number of rotatable bonds is 4. The average Bonchev–Trinajstić information content (AvgIpc) is 3.19. The van der Waals surface area contributed by atoms with Crippen molar-refractivity contribution < 1.29 is 9.21 Å². The van der Waals surface area contributed by atoms with Gasteiger partial charge in [-0.05, 0) is 52.2 Å². The third-order valence-corrected chi connectivity index (χ3v) is 7.21. The zero-order valence-corrected chi connectivity index (χ0v) is 21.8. The molecule has 3 aromatic carbocycles. The van der Waals surface area contributed by atoms with E-state index in [0.29, 0.717) is 20.6 Å². The Labute approximate surface area is 215 Å². The number of thiazole rings is 1. The first-order chi connectivity index (χ1) is 16.4. The molecule has 5 rings (SSSR count). The molecule has 0 fully saturated rings. The number of carbonyl (C=O) groups excluding carboxylic acids is 1. The maximum Gasteiger partial charge on any atom is 0.349 e. The number of nitrogens with one attached hydrogen (secondary N) is 1. The minimum absolute atomic E-state index is 0.0842. The number of benzene rings is 3. The first kappa shape index (κ1) is 22.7. The monoisotopic (exact) mass is 594 g/mol. The van der Waals surface area contributed by atoms with Gasteiger partial charge in [0.25, 0.3) is 5.91 Å². The molecule has 0 bridgehead atoms. The molecular formula is C26H16Br2N2O3S. The van der Waals surface area contributed by atoms with E-state index in [1.807, 2.05) is 37.3 Å². The Hall–Kier alpha value is -3.07. The van der Waals surface area contributed by atoms with Crippen molar-refractivity contribution in [2.24, 2.45) is 0 Å². The van der Waals surface area contributed by atoms with Gasteiger partial charge in [-0.25, -0.2) is 9.78 Å². The Balaban J connectivity index is 1.41. The maximum absolute atomic E-state index is 12.9. The largest absolute Gasteiger partial charge is 0.421 e. The lowest BCUT2D eigenvalue weighted by Gasteiger charge is -2.05. The molecule has 0 aliphatic rings. The van der Waals surface area contributed by atoms with Gasteiger partial charge >= 0.3 is 5.63 Å². The summed E-state index contributed by atoms with van der Waals surface area (Å²) in [5.74, 6) is -0.563. The van der Waals surface area contributed by atoms with Gasteiger partial charge in [-0.15, -0.1) is 11.3 Å². The fourth-order valence-electron chi connectivity index (χ4n) is 3.65. The second-order valence-electron chi connectivity index (χ2n) is 7.57. The molecule has 34 heavy (non-hydrogen) atoms. The summed E-state index contributed by atoms with van der Waals surface area (Å²) in [5.41, 5.74) is 3.60. The molecule has 2 heterocycles. The Bertz CT molecular complexity index is 1590. The third kappa shape index (κ3) is 4.49. The number of anilines is 1. The molecule has 0 aliphatic heterocycles. The minimum atomic E-state index is -0.710. The van der Waals surface area contributed by atoms with Crippen molar-refractivity contribution in [3.63, 3.8) is 0 Å². The number of hydrogen-bond acceptors (Lipinski definition) is 5. The quantitative estimate of drug-likeness (QED) is 0.216. The summed E-state index contributed by atoms with van der Waals surface area (Å²) < 4.78 is 6.80. The van der Waals surface area contributed by atoms with Crippen LogP contribution in [0.15, 0.2) is 91.0 Å². The van der Waals surface area contributed by atoms with Crippen molar-refractivity contribution in [2.75, 3.05) is 5.32 Å². The second-order valence-corrected chi connectivity index (χ2v) is 10.5. The Morgan fingerprint density at radius 1 is 0.941 bits per heavy atom. The summed E-state index contributed by atoms with van der Waals surface area (Å²) in [4.78, 5) is 30.9. The van der Waals surface area contributed by atoms with Crippen LogP contribution in [0.1, 0.15) is 15.2 Å². The average molecular weight is 596 g/mol. The predicted molar refractivity (Wildman–Crippen MR) is 144 cm³/mol. The topological polar surface area (TPSA) is 72.2 Å². The first-order valence-electron chi connectivity index (χ1n) is 10.3. The number of aryl methyl sites for hydroxylation is 1. The van der Waals surface area contributed by atoms with Crippen LogP contribution in [-0.2, 0) is 0 Å². The summed E-state index contributed by atoms with van der Waals surface area (Å²) in [5, 5.41) is 3.79. The number of carbonyl (C=O) groups is 1. The van der Waals surface area contributed by atoms with E-state index in [4.69, 9.17) is 4.42 Å². The number of hydrogen-bond donors (Lipinski definition) is 1. The lowest BCUT2D eigenvalue weighted by atomic mass is 10.0. The summed E-state index contributed by atoms with van der Waals surface area (Å²) >= 11 is 8.14. The fraction of sp³-hybridized carbons (Fsp3) is 0.0385. The molecule has 5 aromatic rings. The lowest BCUT2D eigenvalue weighted by molar-refractivity contribution is 0.102. The summed E-state index contributed by atoms with van der Waals surface area (Å²) in [6, 6.07) is 23.4. The van der Waals surface area contributed by atoms with E-state index in [2.05, 4.69) is 66.4 Å². The number of fused-ring (bicyclic) bond motifs is 1. The molecule has 2 aromatic heterocycles. The third-order valence-electron chi connectivity index (χ3n) is 5.28. The first-order valence-corrected chi connectivity index (χ1v) is 12.7. The lowest BCUT2D eigenvalue weighted by Crippen LogP contribution is -2.20. The highest BCUT2D eigenvalue weighted by Crippen LogP contribution is 2.32. The van der Waals surface area contributed by atoms with E-state index >= 15 is 0 Å². The summed E-state index contributed by atoms with van der Waals surface area (Å²) in [7, 11) is 0. The molecule has 0 aliphatic carbocycles. The van der Waals surface area contributed by atoms with Crippen LogP contribution in [0.4, 0.5) is 5.13 Å². The summed E-state index contributed by atoms with van der Waals surface area (Å²) in [6.07, 6.45) is 0. The molecule has 1 N–H and O–H groups in total. The van der Waals surface area contributed by atoms with Crippen LogP contribution in [0.2, 0.25) is 0 Å². The van der Waals surface area contributed by atoms with Crippen LogP contribution in [0.5, 0.6) is 0 Å². The van der Waals surface area contributed by atoms with E-state index in [1.165, 1.54) is 17.4 Å². The molecule has 0 saturated carbocycles. The molecule has 0 spiro atoms. The van der Waals surface area contributed by atoms with Gasteiger partial charge in [-0.3, -0.25) is 10.1 Å². The number of halogens is 2. The molecule has 5 nitrogen and oxygen atoms in total. The Morgan fingerprint density at radius 3 is 2.35 bits per heavy atom. The van der Waals surface area contributed by atoms with Gasteiger partial charge in [-0.2, -0.15) is 0 Å². The smallest absolute Gasteiger partial charge is 0.349 e. The normalized spacial score (nSPS) is 11.0. The second kappa shape index (κ2) is 9.29. The van der Waals surface area contributed by atoms with Crippen molar-refractivity contribution in [1.29, 1.82) is 0 Å². The van der Waals surface area contributed by atoms with Crippen molar-refractivity contribution in [3.8, 4) is 22.4 Å². The van der Waals surface area contributed by atoms with Crippen molar-refractivity contribution in [3.05, 3.63) is 103 Å². The maximum atomic E-state index is 12.9. The zero-order valence-electron chi connectivity index (χ0n) is 17.8. The molecular weight excluding hydrogens is 580 g/mol. The van der Waals surface area contributed by atoms with Crippen molar-refractivity contribution >= 4 is 65.2 Å². The fourth-order valence-corrected chi connectivity index (χ4v) is 5.82. The van der Waals surface area contributed by atoms with Crippen LogP contribution < -0.4 is 10.9 Å². The molecule has 1 amide bonds.